The Morgan fingerprint density at radius 1 is 0.437 bits per heavy atom. The van der Waals surface area contributed by atoms with Crippen molar-refractivity contribution in [3.63, 3.8) is 0 Å². The van der Waals surface area contributed by atoms with Gasteiger partial charge in [-0.2, -0.15) is 4.98 Å². The molecule has 0 aliphatic rings. The Labute approximate surface area is 815 Å². The van der Waals surface area contributed by atoms with Gasteiger partial charge in [-0.25, -0.2) is 14.6 Å². The van der Waals surface area contributed by atoms with E-state index in [0.29, 0.717) is 94.5 Å². The Hall–Kier alpha value is -13.0. The molecule has 7 aromatic carbocycles. The van der Waals surface area contributed by atoms with Crippen LogP contribution in [0.1, 0.15) is 277 Å². The number of H-pyrrole nitrogens is 2. The van der Waals surface area contributed by atoms with Crippen molar-refractivity contribution in [2.75, 3.05) is 106 Å². The minimum absolute atomic E-state index is 0. The molecule has 13 N–H and O–H groups in total. The fourth-order valence-electron chi connectivity index (χ4n) is 12.1. The summed E-state index contributed by atoms with van der Waals surface area (Å²) >= 11 is 2.15. The quantitative estimate of drug-likeness (QED) is 0.00483. The molecular weight excluding hydrogens is 1840 g/mol. The summed E-state index contributed by atoms with van der Waals surface area (Å²) in [7, 11) is 9.57. The number of methoxy groups -OCH3 is 6. The Morgan fingerprint density at radius 3 is 1.19 bits per heavy atom. The number of ketones is 2. The number of carbonyl (C=O) groups is 9. The molecule has 4 amide bonds. The molecule has 1 atom stereocenters. The van der Waals surface area contributed by atoms with Gasteiger partial charge < -0.3 is 101 Å². The number of amides is 4. The van der Waals surface area contributed by atoms with Crippen LogP contribution in [0.4, 0.5) is 40.2 Å². The van der Waals surface area contributed by atoms with Gasteiger partial charge in [0, 0.05) is 115 Å². The van der Waals surface area contributed by atoms with Crippen LogP contribution < -0.4 is 71.6 Å². The van der Waals surface area contributed by atoms with E-state index in [0.717, 1.165) is 89.7 Å². The number of hydrogen-bond acceptors (Lipinski definition) is 25. The number of nitrogens with one attached hydrogen (secondary N) is 6. The SMILES string of the molecule is C.C.C.C.C.C.CCOC(=O)C(C)C(C)=O.CCOC(=O)c1[nH]c2cc(OC)c(C(C)C)cc2c1C.CCOC(=O)c1[nH]c2cc(Oc3cnc(N)nc3N)c(C(C)C)cc2c1C.CI.COc1cc(N)ccc1C(C)C.COc1cc(NC(C)=O)ccc1C(C)(C)O.COc1cc(NC(C)=O)ccc1C(C)=O.COc1cc(NC(C)=O)ccc1C(C)C.COc1cccc(NC(C)=O)c1. The number of ether oxygens (including phenoxy) is 10. The fourth-order valence-corrected chi connectivity index (χ4v) is 12.1. The van der Waals surface area contributed by atoms with Gasteiger partial charge in [0.2, 0.25) is 29.6 Å². The molecule has 31 nitrogen and oxygen atoms in total. The molecule has 0 spiro atoms. The molecule has 3 aromatic heterocycles. The molecule has 0 aliphatic carbocycles. The largest absolute Gasteiger partial charge is 0.497 e. The second kappa shape index (κ2) is 64.8. The molecule has 0 fully saturated rings. The van der Waals surface area contributed by atoms with Crippen molar-refractivity contribution in [1.29, 1.82) is 0 Å². The zero-order valence-electron chi connectivity index (χ0n) is 79.8. The van der Waals surface area contributed by atoms with Gasteiger partial charge in [0.1, 0.15) is 63.3 Å². The summed E-state index contributed by atoms with van der Waals surface area (Å²) in [6.07, 6.45) is 1.44. The average molecular weight is 2000 g/mol. The van der Waals surface area contributed by atoms with E-state index in [-0.39, 0.29) is 109 Å². The van der Waals surface area contributed by atoms with Crippen LogP contribution in [0, 0.1) is 19.8 Å². The van der Waals surface area contributed by atoms with E-state index in [1.165, 1.54) is 67.5 Å². The number of aromatic nitrogens is 4. The van der Waals surface area contributed by atoms with Gasteiger partial charge in [0.25, 0.3) is 0 Å². The first-order valence-corrected chi connectivity index (χ1v) is 43.6. The van der Waals surface area contributed by atoms with Crippen LogP contribution in [0.3, 0.4) is 0 Å². The number of rotatable bonds is 25. The van der Waals surface area contributed by atoms with Gasteiger partial charge in [0.15, 0.2) is 17.4 Å². The Kier molecular flexibility index (Phi) is 62.6. The van der Waals surface area contributed by atoms with Crippen molar-refractivity contribution in [3.05, 3.63) is 183 Å². The van der Waals surface area contributed by atoms with Crippen LogP contribution in [0.25, 0.3) is 21.8 Å². The van der Waals surface area contributed by atoms with E-state index in [9.17, 15) is 48.3 Å². The lowest BCUT2D eigenvalue weighted by Gasteiger charge is -2.21. The zero-order valence-corrected chi connectivity index (χ0v) is 82.0. The lowest BCUT2D eigenvalue weighted by Crippen LogP contribution is -2.20. The number of fused-ring (bicyclic) bond motifs is 2. The second-order valence-electron chi connectivity index (χ2n) is 30.4. The van der Waals surface area contributed by atoms with Crippen molar-refractivity contribution < 1.29 is 95.6 Å². The minimum atomic E-state index is -0.972. The van der Waals surface area contributed by atoms with E-state index < -0.39 is 17.5 Å². The monoisotopic (exact) mass is 1990 g/mol. The maximum Gasteiger partial charge on any atom is 0.355 e. The van der Waals surface area contributed by atoms with Crippen LogP contribution in [0.2, 0.25) is 0 Å². The number of hydrogen-bond donors (Lipinski definition) is 10. The predicted octanol–water partition coefficient (Wildman–Crippen LogP) is 23.5. The number of aryl methyl sites for hydroxylation is 2. The molecular formula is C103H156IN11O20. The molecule has 0 saturated carbocycles. The number of aromatic amines is 2. The third-order valence-electron chi connectivity index (χ3n) is 18.6. The van der Waals surface area contributed by atoms with Gasteiger partial charge in [0.05, 0.1) is 90.9 Å². The lowest BCUT2D eigenvalue weighted by atomic mass is 9.97. The number of nitrogens with two attached hydrogens (primary N) is 3. The van der Waals surface area contributed by atoms with Gasteiger partial charge >= 0.3 is 17.9 Å². The van der Waals surface area contributed by atoms with Crippen molar-refractivity contribution in [3.8, 4) is 46.0 Å². The van der Waals surface area contributed by atoms with Crippen molar-refractivity contribution in [2.24, 2.45) is 5.92 Å². The first kappa shape index (κ1) is 131. The first-order chi connectivity index (χ1) is 60.7. The zero-order chi connectivity index (χ0) is 98.0. The van der Waals surface area contributed by atoms with Gasteiger partial charge in [-0.1, -0.05) is 147 Å². The van der Waals surface area contributed by atoms with Crippen LogP contribution in [-0.2, 0) is 48.6 Å². The summed E-state index contributed by atoms with van der Waals surface area (Å²) in [5.74, 6) is 4.46. The number of alkyl halides is 1. The number of halogens is 1. The number of nitrogen functional groups attached to an aromatic ring is 3. The third kappa shape index (κ3) is 42.4. The van der Waals surface area contributed by atoms with E-state index in [1.807, 2.05) is 91.6 Å². The predicted molar refractivity (Wildman–Crippen MR) is 560 cm³/mol. The number of esters is 3. The summed E-state index contributed by atoms with van der Waals surface area (Å²) < 4.78 is 51.9. The Balaban J connectivity index is -0.000000481. The van der Waals surface area contributed by atoms with Crippen LogP contribution in [0.15, 0.2) is 128 Å². The molecule has 0 saturated heterocycles. The molecule has 10 aromatic rings. The number of benzene rings is 7. The lowest BCUT2D eigenvalue weighted by molar-refractivity contribution is -0.150. The number of nitrogens with zero attached hydrogens (tertiary/aromatic N) is 2. The number of carbonyl (C=O) groups excluding carboxylic acids is 9. The summed E-state index contributed by atoms with van der Waals surface area (Å²) in [5, 5.41) is 22.5. The topological polar surface area (TPSA) is 450 Å². The first-order valence-electron chi connectivity index (χ1n) is 41.5. The Bertz CT molecular complexity index is 5380. The number of aliphatic hydroxyl groups is 1. The average Bonchev–Trinajstić information content (AvgIpc) is 1.63. The summed E-state index contributed by atoms with van der Waals surface area (Å²) in [6.45, 7) is 40.6. The summed E-state index contributed by atoms with van der Waals surface area (Å²) in [4.78, 5) is 116. The number of anilines is 7. The van der Waals surface area contributed by atoms with E-state index in [2.05, 4.69) is 130 Å². The maximum atomic E-state index is 12.2. The van der Waals surface area contributed by atoms with E-state index in [1.54, 1.807) is 112 Å². The molecule has 1 unspecified atom stereocenters. The Morgan fingerprint density at radius 2 is 0.807 bits per heavy atom. The second-order valence-corrected chi connectivity index (χ2v) is 30.4. The minimum Gasteiger partial charge on any atom is -0.497 e. The van der Waals surface area contributed by atoms with Crippen molar-refractivity contribution >= 4 is 138 Å². The van der Waals surface area contributed by atoms with Crippen LogP contribution in [0.5, 0.6) is 46.0 Å². The highest BCUT2D eigenvalue weighted by atomic mass is 127. The van der Waals surface area contributed by atoms with Gasteiger partial charge in [-0.05, 0) is 186 Å². The highest BCUT2D eigenvalue weighted by Crippen LogP contribution is 2.40. The van der Waals surface area contributed by atoms with E-state index >= 15 is 0 Å². The van der Waals surface area contributed by atoms with Gasteiger partial charge in [-0.3, -0.25) is 33.6 Å². The molecule has 135 heavy (non-hydrogen) atoms. The number of Topliss-reactive ketones (excluding diaryl/α,β-unsaturated/α-hetero) is 2. The standard InChI is InChI=1S/C19H23N5O3.C16H21NO3.C12H17NO3.C12H17NO2.C11H13NO3.C10H15NO.C9H11NO2.C7H12O3.CH3I.6CH4/c1-5-26-18(25)16-10(4)12-6-11(9(2)3)14(7-13(12)23-16)27-15-8-22-19(21)24-17(15)20;1-6-20-16(18)15-10(4)12-7-11(9(2)3)14(19-5)8-13(12)17-15;1-8(14)13-9-5-6-10(12(2,3)15)11(7-9)16-4;1-8(2)11-6-5-10(13-9(3)14)7-12(11)15-4;1-7(13)10-5-4-9(12-8(2)14)6-11(10)15-3;1-7(2)9-5-4-8(11)6-10(9)12-3;1-7(11)10-8-4-3-5-9(6-8)12-2;1-4-10-7(9)5(2)6(3)8;1-2;;;;;;/h6-9,23H,5H2,1-4H3,(H4,20,21,22,24);7-9,17H,6H2,1-5H3;5-7,15H,1-4H3,(H,13,14);5-8H,1-4H3,(H,13,14);4-6H,1-3H3,(H,12,14);4-7H,11H2,1-3H3;3-6H,1-2H3,(H,10,11);5H,4H2,1-3H3;1H3;6*1H4. The normalized spacial score (nSPS) is 10.1. The molecule has 0 bridgehead atoms. The molecule has 10 rings (SSSR count). The van der Waals surface area contributed by atoms with Gasteiger partial charge in [-0.15, -0.1) is 0 Å². The van der Waals surface area contributed by atoms with Crippen LogP contribution >= 0.6 is 22.6 Å². The molecule has 32 heteroatoms. The molecule has 0 aliphatic heterocycles. The third-order valence-corrected chi connectivity index (χ3v) is 18.6. The summed E-state index contributed by atoms with van der Waals surface area (Å²) in [5.41, 5.74) is 29.6. The van der Waals surface area contributed by atoms with Crippen molar-refractivity contribution in [1.82, 2.24) is 19.9 Å². The maximum absolute atomic E-state index is 12.2. The molecule has 3 heterocycles. The fraction of sp³-hybridized carbons (Fsp3) is 0.427. The summed E-state index contributed by atoms with van der Waals surface area (Å²) in [6, 6.07) is 36.7. The highest BCUT2D eigenvalue weighted by Gasteiger charge is 2.25. The highest BCUT2D eigenvalue weighted by molar-refractivity contribution is 14.1. The molecule has 750 valence electrons. The molecule has 0 radical (unpaired) electrons. The van der Waals surface area contributed by atoms with Crippen molar-refractivity contribution in [2.45, 2.75) is 226 Å². The van der Waals surface area contributed by atoms with Crippen LogP contribution in [-0.4, -0.2) is 146 Å². The van der Waals surface area contributed by atoms with E-state index in [4.69, 9.17) is 59.8 Å². The smallest absolute Gasteiger partial charge is 0.355 e.